The van der Waals surface area contributed by atoms with Gasteiger partial charge in [-0.25, -0.2) is 13.6 Å². The molecule has 8 heteroatoms. The summed E-state index contributed by atoms with van der Waals surface area (Å²) in [5.41, 5.74) is -0.882. The van der Waals surface area contributed by atoms with Crippen LogP contribution in [0.25, 0.3) is 0 Å². The average molecular weight is 344 g/mol. The smallest absolute Gasteiger partial charge is 0.414 e. The highest BCUT2D eigenvalue weighted by molar-refractivity contribution is 5.90. The third kappa shape index (κ3) is 5.75. The van der Waals surface area contributed by atoms with Crippen LogP contribution >= 0.6 is 0 Å². The molecule has 0 spiro atoms. The van der Waals surface area contributed by atoms with Gasteiger partial charge in [-0.3, -0.25) is 15.0 Å². The SMILES string of the molecule is CN(C(=O)OCCCCC(C)(C)C)c1cc(F)c(F)cc1[N+](=O)[O-]. The van der Waals surface area contributed by atoms with Crippen LogP contribution in [0.15, 0.2) is 12.1 Å². The van der Waals surface area contributed by atoms with Gasteiger partial charge in [-0.05, 0) is 24.7 Å². The lowest BCUT2D eigenvalue weighted by molar-refractivity contribution is -0.384. The summed E-state index contributed by atoms with van der Waals surface area (Å²) in [7, 11) is 1.21. The van der Waals surface area contributed by atoms with Crippen molar-refractivity contribution in [3.05, 3.63) is 33.9 Å². The van der Waals surface area contributed by atoms with Crippen LogP contribution in [0.2, 0.25) is 0 Å². The van der Waals surface area contributed by atoms with Gasteiger partial charge in [-0.2, -0.15) is 0 Å². The maximum atomic E-state index is 13.3. The molecule has 1 rings (SSSR count). The molecule has 134 valence electrons. The molecule has 0 saturated heterocycles. The lowest BCUT2D eigenvalue weighted by Gasteiger charge is -2.19. The molecular formula is C16H22F2N2O4. The minimum atomic E-state index is -1.35. The molecule has 0 aromatic heterocycles. The highest BCUT2D eigenvalue weighted by Gasteiger charge is 2.25. The summed E-state index contributed by atoms with van der Waals surface area (Å²) in [5, 5.41) is 10.9. The molecule has 0 aliphatic heterocycles. The first kappa shape index (κ1) is 19.8. The number of carbonyl (C=O) groups excluding carboxylic acids is 1. The van der Waals surface area contributed by atoms with Crippen LogP contribution in [0.1, 0.15) is 40.0 Å². The molecule has 0 fully saturated rings. The van der Waals surface area contributed by atoms with Gasteiger partial charge in [0.05, 0.1) is 17.6 Å². The van der Waals surface area contributed by atoms with Crippen molar-refractivity contribution in [1.29, 1.82) is 0 Å². The lowest BCUT2D eigenvalue weighted by atomic mass is 9.90. The standard InChI is InChI=1S/C16H22F2N2O4/c1-16(2,3)7-5-6-8-24-15(21)19(4)13-9-11(17)12(18)10-14(13)20(22)23/h9-10H,5-8H2,1-4H3. The van der Waals surface area contributed by atoms with Gasteiger partial charge in [0, 0.05) is 13.1 Å². The summed E-state index contributed by atoms with van der Waals surface area (Å²) >= 11 is 0. The van der Waals surface area contributed by atoms with Crippen LogP contribution in [0.5, 0.6) is 0 Å². The van der Waals surface area contributed by atoms with E-state index in [0.29, 0.717) is 18.6 Å². The van der Waals surface area contributed by atoms with E-state index < -0.39 is 28.3 Å². The predicted molar refractivity (Wildman–Crippen MR) is 86.1 cm³/mol. The van der Waals surface area contributed by atoms with Crippen LogP contribution in [0.3, 0.4) is 0 Å². The second kappa shape index (κ2) is 8.03. The molecular weight excluding hydrogens is 322 g/mol. The molecule has 1 aromatic rings. The fourth-order valence-electron chi connectivity index (χ4n) is 2.05. The third-order valence-corrected chi connectivity index (χ3v) is 3.40. The van der Waals surface area contributed by atoms with Crippen LogP contribution in [-0.2, 0) is 4.74 Å². The zero-order chi connectivity index (χ0) is 18.5. The number of anilines is 1. The average Bonchev–Trinajstić information content (AvgIpc) is 2.46. The van der Waals surface area contributed by atoms with Crippen molar-refractivity contribution >= 4 is 17.5 Å². The number of unbranched alkanes of at least 4 members (excludes halogenated alkanes) is 1. The lowest BCUT2D eigenvalue weighted by Crippen LogP contribution is -2.28. The Balaban J connectivity index is 2.69. The monoisotopic (exact) mass is 344 g/mol. The van der Waals surface area contributed by atoms with E-state index in [1.807, 2.05) is 0 Å². The minimum Gasteiger partial charge on any atom is -0.449 e. The maximum Gasteiger partial charge on any atom is 0.414 e. The second-order valence-electron chi connectivity index (χ2n) is 6.70. The second-order valence-corrected chi connectivity index (χ2v) is 6.70. The first-order valence-electron chi connectivity index (χ1n) is 7.57. The molecule has 1 amide bonds. The van der Waals surface area contributed by atoms with Crippen LogP contribution in [0, 0.1) is 27.2 Å². The molecule has 0 N–H and O–H groups in total. The largest absolute Gasteiger partial charge is 0.449 e. The van der Waals surface area contributed by atoms with E-state index in [1.165, 1.54) is 7.05 Å². The van der Waals surface area contributed by atoms with Gasteiger partial charge in [0.15, 0.2) is 11.6 Å². The summed E-state index contributed by atoms with van der Waals surface area (Å²) in [6.45, 7) is 6.47. The zero-order valence-corrected chi connectivity index (χ0v) is 14.3. The summed E-state index contributed by atoms with van der Waals surface area (Å²) in [5.74, 6) is -2.63. The number of amides is 1. The Morgan fingerprint density at radius 3 is 2.38 bits per heavy atom. The fraction of sp³-hybridized carbons (Fsp3) is 0.562. The first-order valence-corrected chi connectivity index (χ1v) is 7.57. The fourth-order valence-corrected chi connectivity index (χ4v) is 2.05. The van der Waals surface area contributed by atoms with Crippen molar-refractivity contribution in [2.75, 3.05) is 18.6 Å². The van der Waals surface area contributed by atoms with Gasteiger partial charge in [0.1, 0.15) is 5.69 Å². The Morgan fingerprint density at radius 2 is 1.83 bits per heavy atom. The van der Waals surface area contributed by atoms with Crippen molar-refractivity contribution in [2.45, 2.75) is 40.0 Å². The number of halogens is 2. The van der Waals surface area contributed by atoms with Crippen LogP contribution in [-0.4, -0.2) is 24.7 Å². The van der Waals surface area contributed by atoms with Gasteiger partial charge >= 0.3 is 6.09 Å². The molecule has 0 aliphatic carbocycles. The Bertz CT molecular complexity index is 615. The Hall–Kier alpha value is -2.25. The molecule has 1 aromatic carbocycles. The molecule has 0 aliphatic rings. The summed E-state index contributed by atoms with van der Waals surface area (Å²) < 4.78 is 31.5. The van der Waals surface area contributed by atoms with E-state index >= 15 is 0 Å². The van der Waals surface area contributed by atoms with Crippen molar-refractivity contribution in [2.24, 2.45) is 5.41 Å². The molecule has 0 heterocycles. The van der Waals surface area contributed by atoms with E-state index in [1.54, 1.807) is 0 Å². The van der Waals surface area contributed by atoms with E-state index in [4.69, 9.17) is 4.74 Å². The van der Waals surface area contributed by atoms with Gasteiger partial charge in [0.25, 0.3) is 5.69 Å². The van der Waals surface area contributed by atoms with Gasteiger partial charge in [-0.15, -0.1) is 0 Å². The van der Waals surface area contributed by atoms with E-state index in [-0.39, 0.29) is 17.7 Å². The quantitative estimate of drug-likeness (QED) is 0.427. The Kier molecular flexibility index (Phi) is 6.62. The van der Waals surface area contributed by atoms with E-state index in [9.17, 15) is 23.7 Å². The third-order valence-electron chi connectivity index (χ3n) is 3.40. The predicted octanol–water partition coefficient (Wildman–Crippen LogP) is 4.66. The van der Waals surface area contributed by atoms with Crippen LogP contribution in [0.4, 0.5) is 25.0 Å². The molecule has 0 unspecified atom stereocenters. The molecule has 0 atom stereocenters. The highest BCUT2D eigenvalue weighted by atomic mass is 19.2. The number of hydrogen-bond acceptors (Lipinski definition) is 4. The number of ether oxygens (including phenoxy) is 1. The number of nitro groups is 1. The maximum absolute atomic E-state index is 13.3. The Morgan fingerprint density at radius 1 is 1.25 bits per heavy atom. The topological polar surface area (TPSA) is 72.7 Å². The van der Waals surface area contributed by atoms with Gasteiger partial charge in [-0.1, -0.05) is 20.8 Å². The van der Waals surface area contributed by atoms with Crippen molar-refractivity contribution in [3.8, 4) is 0 Å². The number of benzene rings is 1. The Labute approximate surface area is 139 Å². The summed E-state index contributed by atoms with van der Waals surface area (Å²) in [4.78, 5) is 22.8. The number of carbonyl (C=O) groups is 1. The molecule has 24 heavy (non-hydrogen) atoms. The van der Waals surface area contributed by atoms with Gasteiger partial charge in [0.2, 0.25) is 0 Å². The summed E-state index contributed by atoms with van der Waals surface area (Å²) in [6.07, 6.45) is 1.62. The molecule has 6 nitrogen and oxygen atoms in total. The zero-order valence-electron chi connectivity index (χ0n) is 14.3. The van der Waals surface area contributed by atoms with Crippen molar-refractivity contribution in [3.63, 3.8) is 0 Å². The number of hydrogen-bond donors (Lipinski definition) is 0. The number of nitro benzene ring substituents is 1. The highest BCUT2D eigenvalue weighted by Crippen LogP contribution is 2.30. The molecule has 0 radical (unpaired) electrons. The van der Waals surface area contributed by atoms with Crippen molar-refractivity contribution < 1.29 is 23.2 Å². The minimum absolute atomic E-state index is 0.150. The molecule has 0 bridgehead atoms. The first-order chi connectivity index (χ1) is 11.0. The van der Waals surface area contributed by atoms with E-state index in [0.717, 1.165) is 17.7 Å². The summed E-state index contributed by atoms with van der Waals surface area (Å²) in [6, 6.07) is 1.05. The molecule has 0 saturated carbocycles. The number of rotatable bonds is 6. The van der Waals surface area contributed by atoms with Gasteiger partial charge < -0.3 is 4.74 Å². The normalized spacial score (nSPS) is 11.2. The van der Waals surface area contributed by atoms with E-state index in [2.05, 4.69) is 20.8 Å². The number of nitrogens with zero attached hydrogens (tertiary/aromatic N) is 2. The van der Waals surface area contributed by atoms with Crippen LogP contribution < -0.4 is 4.90 Å². The van der Waals surface area contributed by atoms with Crippen molar-refractivity contribution in [1.82, 2.24) is 0 Å².